The summed E-state index contributed by atoms with van der Waals surface area (Å²) in [5, 5.41) is 23.5. The molecule has 3 aromatic rings. The van der Waals surface area contributed by atoms with Gasteiger partial charge in [-0.15, -0.1) is 0 Å². The average Bonchev–Trinajstić information content (AvgIpc) is 3.27. The minimum absolute atomic E-state index is 0.106. The molecule has 3 heterocycles. The Bertz CT molecular complexity index is 783. The Morgan fingerprint density at radius 1 is 1.42 bits per heavy atom. The number of hydrogen-bond donors (Lipinski definition) is 3. The lowest BCUT2D eigenvalue weighted by Gasteiger charge is -2.22. The van der Waals surface area contributed by atoms with Crippen molar-refractivity contribution in [1.82, 2.24) is 20.1 Å². The van der Waals surface area contributed by atoms with Gasteiger partial charge in [-0.1, -0.05) is 0 Å². The zero-order valence-electron chi connectivity index (χ0n) is 13.0. The van der Waals surface area contributed by atoms with E-state index in [9.17, 15) is 9.90 Å². The van der Waals surface area contributed by atoms with Gasteiger partial charge >= 0.3 is 6.03 Å². The number of anilines is 1. The highest BCUT2D eigenvalue weighted by Crippen LogP contribution is 2.22. The summed E-state index contributed by atoms with van der Waals surface area (Å²) in [7, 11) is 0. The van der Waals surface area contributed by atoms with Gasteiger partial charge in [0, 0.05) is 12.4 Å². The third-order valence-electron chi connectivity index (χ3n) is 3.48. The van der Waals surface area contributed by atoms with Crippen molar-refractivity contribution >= 4 is 23.1 Å². The second-order valence-electron chi connectivity index (χ2n) is 5.45. The van der Waals surface area contributed by atoms with Gasteiger partial charge in [-0.25, -0.2) is 14.5 Å². The predicted octanol–water partition coefficient (Wildman–Crippen LogP) is 2.36. The number of nitrogens with one attached hydrogen (secondary N) is 2. The second-order valence-corrected chi connectivity index (χ2v) is 6.23. The summed E-state index contributed by atoms with van der Waals surface area (Å²) in [6.45, 7) is 1.77. The number of carbonyl (C=O) groups excluding carboxylic acids is 1. The molecule has 1 atom stereocenters. The number of pyridine rings is 1. The van der Waals surface area contributed by atoms with Crippen molar-refractivity contribution in [3.05, 3.63) is 59.2 Å². The Morgan fingerprint density at radius 2 is 2.29 bits per heavy atom. The van der Waals surface area contributed by atoms with E-state index in [0.29, 0.717) is 11.5 Å². The van der Waals surface area contributed by atoms with Gasteiger partial charge < -0.3 is 15.7 Å². The summed E-state index contributed by atoms with van der Waals surface area (Å²) < 4.78 is 1.63. The van der Waals surface area contributed by atoms with E-state index in [-0.39, 0.29) is 6.54 Å². The molecule has 2 amide bonds. The van der Waals surface area contributed by atoms with E-state index in [0.717, 1.165) is 5.56 Å². The van der Waals surface area contributed by atoms with Gasteiger partial charge in [0.1, 0.15) is 5.60 Å². The molecule has 0 spiro atoms. The number of urea groups is 1. The zero-order chi connectivity index (χ0) is 17.0. The van der Waals surface area contributed by atoms with Crippen molar-refractivity contribution in [3.8, 4) is 5.82 Å². The van der Waals surface area contributed by atoms with Crippen molar-refractivity contribution in [2.24, 2.45) is 0 Å². The topological polar surface area (TPSA) is 92.1 Å². The van der Waals surface area contributed by atoms with Crippen LogP contribution in [0.4, 0.5) is 10.5 Å². The molecule has 8 heteroatoms. The number of rotatable bonds is 5. The molecule has 0 bridgehead atoms. The van der Waals surface area contributed by atoms with Crippen molar-refractivity contribution in [2.75, 3.05) is 11.9 Å². The molecule has 0 aliphatic carbocycles. The standard InChI is InChI=1S/C16H17N5O2S/c1-16(23,12-5-8-24-10-12)11-18-15(22)20-13-3-4-14(17-9-13)21-7-2-6-19-21/h2-10,23H,11H2,1H3,(H2,18,20,22)/t16-/m1/s1. The molecule has 0 aliphatic heterocycles. The summed E-state index contributed by atoms with van der Waals surface area (Å²) in [5.74, 6) is 0.659. The first kappa shape index (κ1) is 16.2. The highest BCUT2D eigenvalue weighted by molar-refractivity contribution is 7.08. The van der Waals surface area contributed by atoms with Crippen LogP contribution >= 0.6 is 11.3 Å². The van der Waals surface area contributed by atoms with E-state index in [1.807, 2.05) is 16.8 Å². The molecular weight excluding hydrogens is 326 g/mol. The maximum absolute atomic E-state index is 12.0. The monoisotopic (exact) mass is 343 g/mol. The second kappa shape index (κ2) is 6.81. The lowest BCUT2D eigenvalue weighted by Crippen LogP contribution is -2.40. The van der Waals surface area contributed by atoms with E-state index < -0.39 is 11.6 Å². The van der Waals surface area contributed by atoms with E-state index in [1.54, 1.807) is 48.4 Å². The minimum Gasteiger partial charge on any atom is -0.384 e. The van der Waals surface area contributed by atoms with Crippen LogP contribution in [0.3, 0.4) is 0 Å². The molecule has 3 N–H and O–H groups in total. The summed E-state index contributed by atoms with van der Waals surface area (Å²) in [4.78, 5) is 16.2. The first-order valence-electron chi connectivity index (χ1n) is 7.30. The highest BCUT2D eigenvalue weighted by atomic mass is 32.1. The van der Waals surface area contributed by atoms with Gasteiger partial charge in [-0.3, -0.25) is 0 Å². The number of amides is 2. The van der Waals surface area contributed by atoms with E-state index >= 15 is 0 Å². The number of hydrogen-bond acceptors (Lipinski definition) is 5. The number of nitrogens with zero attached hydrogens (tertiary/aromatic N) is 3. The molecule has 0 fully saturated rings. The van der Waals surface area contributed by atoms with Crippen molar-refractivity contribution in [1.29, 1.82) is 0 Å². The first-order valence-corrected chi connectivity index (χ1v) is 8.25. The molecular formula is C16H17N5O2S. The molecule has 3 aromatic heterocycles. The fraction of sp³-hybridized carbons (Fsp3) is 0.188. The van der Waals surface area contributed by atoms with Gasteiger partial charge in [0.2, 0.25) is 0 Å². The predicted molar refractivity (Wildman–Crippen MR) is 92.3 cm³/mol. The normalized spacial score (nSPS) is 13.2. The van der Waals surface area contributed by atoms with Crippen LogP contribution in [0.1, 0.15) is 12.5 Å². The molecule has 3 rings (SSSR count). The zero-order valence-corrected chi connectivity index (χ0v) is 13.8. The third kappa shape index (κ3) is 3.79. The first-order chi connectivity index (χ1) is 11.5. The number of aromatic nitrogens is 3. The molecule has 24 heavy (non-hydrogen) atoms. The average molecular weight is 343 g/mol. The van der Waals surface area contributed by atoms with Gasteiger partial charge in [-0.2, -0.15) is 16.4 Å². The van der Waals surface area contributed by atoms with Crippen molar-refractivity contribution in [2.45, 2.75) is 12.5 Å². The Labute approximate surface area is 143 Å². The minimum atomic E-state index is -1.11. The van der Waals surface area contributed by atoms with Gasteiger partial charge in [-0.05, 0) is 47.5 Å². The lowest BCUT2D eigenvalue weighted by atomic mass is 9.99. The number of carbonyl (C=O) groups is 1. The molecule has 124 valence electrons. The summed E-state index contributed by atoms with van der Waals surface area (Å²) in [6.07, 6.45) is 5.00. The Balaban J connectivity index is 1.55. The van der Waals surface area contributed by atoms with Crippen LogP contribution in [0.2, 0.25) is 0 Å². The molecule has 0 saturated heterocycles. The van der Waals surface area contributed by atoms with Crippen LogP contribution in [0, 0.1) is 0 Å². The van der Waals surface area contributed by atoms with E-state index in [2.05, 4.69) is 20.7 Å². The van der Waals surface area contributed by atoms with E-state index in [4.69, 9.17) is 0 Å². The molecule has 0 radical (unpaired) electrons. The van der Waals surface area contributed by atoms with Gasteiger partial charge in [0.15, 0.2) is 5.82 Å². The fourth-order valence-corrected chi connectivity index (χ4v) is 2.88. The van der Waals surface area contributed by atoms with E-state index in [1.165, 1.54) is 11.3 Å². The van der Waals surface area contributed by atoms with Crippen LogP contribution in [-0.2, 0) is 5.60 Å². The number of thiophene rings is 1. The van der Waals surface area contributed by atoms with Gasteiger partial charge in [0.25, 0.3) is 0 Å². The summed E-state index contributed by atoms with van der Waals surface area (Å²) in [6, 6.07) is 6.73. The SMILES string of the molecule is C[C@@](O)(CNC(=O)Nc1ccc(-n2cccn2)nc1)c1ccsc1. The molecule has 0 aromatic carbocycles. The maximum Gasteiger partial charge on any atom is 0.319 e. The smallest absolute Gasteiger partial charge is 0.319 e. The molecule has 0 unspecified atom stereocenters. The number of aliphatic hydroxyl groups is 1. The Morgan fingerprint density at radius 3 is 2.92 bits per heavy atom. The van der Waals surface area contributed by atoms with Crippen LogP contribution in [0.25, 0.3) is 5.82 Å². The van der Waals surface area contributed by atoms with Gasteiger partial charge in [0.05, 0.1) is 18.4 Å². The van der Waals surface area contributed by atoms with Crippen LogP contribution in [-0.4, -0.2) is 32.4 Å². The highest BCUT2D eigenvalue weighted by Gasteiger charge is 2.24. The Hall–Kier alpha value is -2.71. The molecule has 0 saturated carbocycles. The Kier molecular flexibility index (Phi) is 4.59. The van der Waals surface area contributed by atoms with Crippen LogP contribution in [0.5, 0.6) is 0 Å². The summed E-state index contributed by atoms with van der Waals surface area (Å²) >= 11 is 1.50. The van der Waals surface area contributed by atoms with Crippen LogP contribution < -0.4 is 10.6 Å². The largest absolute Gasteiger partial charge is 0.384 e. The van der Waals surface area contributed by atoms with Crippen molar-refractivity contribution < 1.29 is 9.90 Å². The molecule has 0 aliphatic rings. The lowest BCUT2D eigenvalue weighted by molar-refractivity contribution is 0.0604. The quantitative estimate of drug-likeness (QED) is 0.663. The third-order valence-corrected chi connectivity index (χ3v) is 4.16. The summed E-state index contributed by atoms with van der Waals surface area (Å²) in [5.41, 5.74) is 0.219. The maximum atomic E-state index is 12.0. The molecule has 7 nitrogen and oxygen atoms in total. The van der Waals surface area contributed by atoms with Crippen molar-refractivity contribution in [3.63, 3.8) is 0 Å². The fourth-order valence-electron chi connectivity index (χ4n) is 2.10. The van der Waals surface area contributed by atoms with Crippen LogP contribution in [0.15, 0.2) is 53.6 Å².